The number of aliphatic carboxylic acids is 1. The predicted octanol–water partition coefficient (Wildman–Crippen LogP) is 5.57. The van der Waals surface area contributed by atoms with Crippen molar-refractivity contribution in [2.75, 3.05) is 18.5 Å². The van der Waals surface area contributed by atoms with Crippen LogP contribution in [-0.4, -0.2) is 36.2 Å². The number of amides is 2. The standard InChI is InChI=1S/C27H23BrN2O5/c1-16(26(32)33)10-11-29-25(31)17-12-18(28)14-19(13-17)30-27(34)35-15-24-22-8-4-2-6-20(22)21-7-3-5-9-23(21)24/h2-10,12-14,24H,11,15H2,1H3,(H,29,31)(H,30,34)(H,32,33)/b16-10+. The normalized spacial score (nSPS) is 12.5. The van der Waals surface area contributed by atoms with E-state index in [1.54, 1.807) is 12.1 Å². The molecule has 0 spiro atoms. The minimum absolute atomic E-state index is 0.0562. The highest BCUT2D eigenvalue weighted by atomic mass is 79.9. The highest BCUT2D eigenvalue weighted by Crippen LogP contribution is 2.44. The van der Waals surface area contributed by atoms with Crippen LogP contribution >= 0.6 is 15.9 Å². The summed E-state index contributed by atoms with van der Waals surface area (Å²) in [6, 6.07) is 21.0. The van der Waals surface area contributed by atoms with E-state index in [0.717, 1.165) is 22.3 Å². The molecule has 0 fully saturated rings. The quantitative estimate of drug-likeness (QED) is 0.343. The van der Waals surface area contributed by atoms with Gasteiger partial charge in [-0.05, 0) is 47.4 Å². The Morgan fingerprint density at radius 1 is 1.00 bits per heavy atom. The molecule has 178 valence electrons. The van der Waals surface area contributed by atoms with Gasteiger partial charge in [-0.2, -0.15) is 0 Å². The Kier molecular flexibility index (Phi) is 7.31. The number of hydrogen-bond donors (Lipinski definition) is 3. The number of rotatable bonds is 7. The molecule has 1 aliphatic carbocycles. The van der Waals surface area contributed by atoms with Crippen LogP contribution in [0.1, 0.15) is 34.3 Å². The number of anilines is 1. The van der Waals surface area contributed by atoms with Gasteiger partial charge in [-0.25, -0.2) is 9.59 Å². The van der Waals surface area contributed by atoms with Crippen molar-refractivity contribution in [1.29, 1.82) is 0 Å². The van der Waals surface area contributed by atoms with Gasteiger partial charge >= 0.3 is 12.1 Å². The van der Waals surface area contributed by atoms with Gasteiger partial charge in [0.25, 0.3) is 5.91 Å². The summed E-state index contributed by atoms with van der Waals surface area (Å²) in [4.78, 5) is 35.9. The molecule has 0 saturated carbocycles. The lowest BCUT2D eigenvalue weighted by Crippen LogP contribution is -2.24. The maximum atomic E-state index is 12.6. The largest absolute Gasteiger partial charge is 0.478 e. The highest BCUT2D eigenvalue weighted by molar-refractivity contribution is 9.10. The molecular weight excluding hydrogens is 512 g/mol. The van der Waals surface area contributed by atoms with E-state index in [1.807, 2.05) is 36.4 Å². The average Bonchev–Trinajstić information content (AvgIpc) is 3.16. The molecular formula is C27H23BrN2O5. The molecule has 0 saturated heterocycles. The number of fused-ring (bicyclic) bond motifs is 3. The fourth-order valence-electron chi connectivity index (χ4n) is 4.03. The van der Waals surface area contributed by atoms with Crippen molar-refractivity contribution in [3.05, 3.63) is 99.5 Å². The number of carboxylic acids is 1. The number of carbonyl (C=O) groups is 3. The van der Waals surface area contributed by atoms with Crippen LogP contribution in [0.2, 0.25) is 0 Å². The third kappa shape index (κ3) is 5.60. The maximum Gasteiger partial charge on any atom is 0.411 e. The predicted molar refractivity (Wildman–Crippen MR) is 137 cm³/mol. The first kappa shape index (κ1) is 24.2. The second kappa shape index (κ2) is 10.6. The summed E-state index contributed by atoms with van der Waals surface area (Å²) in [6.07, 6.45) is 0.782. The molecule has 3 N–H and O–H groups in total. The van der Waals surface area contributed by atoms with E-state index in [0.29, 0.717) is 15.7 Å². The first-order valence-electron chi connectivity index (χ1n) is 10.9. The Morgan fingerprint density at radius 2 is 1.63 bits per heavy atom. The molecule has 3 aromatic carbocycles. The molecule has 3 aromatic rings. The van der Waals surface area contributed by atoms with Crippen LogP contribution in [0.25, 0.3) is 11.1 Å². The molecule has 8 heteroatoms. The Balaban J connectivity index is 1.40. The third-order valence-corrected chi connectivity index (χ3v) is 6.22. The first-order chi connectivity index (χ1) is 16.8. The molecule has 0 unspecified atom stereocenters. The molecule has 2 amide bonds. The summed E-state index contributed by atoms with van der Waals surface area (Å²) < 4.78 is 6.16. The van der Waals surface area contributed by atoms with Gasteiger partial charge in [-0.3, -0.25) is 10.1 Å². The zero-order chi connectivity index (χ0) is 24.9. The number of benzene rings is 3. The number of halogens is 1. The van der Waals surface area contributed by atoms with Gasteiger partial charge in [0, 0.05) is 33.8 Å². The number of hydrogen-bond acceptors (Lipinski definition) is 4. The van der Waals surface area contributed by atoms with Crippen LogP contribution in [0, 0.1) is 0 Å². The van der Waals surface area contributed by atoms with Crippen molar-refractivity contribution < 1.29 is 24.2 Å². The molecule has 0 aliphatic heterocycles. The lowest BCUT2D eigenvalue weighted by molar-refractivity contribution is -0.132. The van der Waals surface area contributed by atoms with Gasteiger partial charge < -0.3 is 15.2 Å². The second-order valence-electron chi connectivity index (χ2n) is 8.08. The van der Waals surface area contributed by atoms with Crippen LogP contribution in [0.15, 0.2) is 82.9 Å². The minimum Gasteiger partial charge on any atom is -0.478 e. The summed E-state index contributed by atoms with van der Waals surface area (Å²) in [6.45, 7) is 1.69. The van der Waals surface area contributed by atoms with Gasteiger partial charge in [-0.15, -0.1) is 0 Å². The van der Waals surface area contributed by atoms with E-state index < -0.39 is 18.0 Å². The Morgan fingerprint density at radius 3 is 2.26 bits per heavy atom. The van der Waals surface area contributed by atoms with Crippen molar-refractivity contribution in [3.63, 3.8) is 0 Å². The van der Waals surface area contributed by atoms with Crippen molar-refractivity contribution in [3.8, 4) is 11.1 Å². The molecule has 35 heavy (non-hydrogen) atoms. The fourth-order valence-corrected chi connectivity index (χ4v) is 4.52. The summed E-state index contributed by atoms with van der Waals surface area (Å²) in [5.41, 5.74) is 5.36. The maximum absolute atomic E-state index is 12.6. The topological polar surface area (TPSA) is 105 Å². The number of nitrogens with one attached hydrogen (secondary N) is 2. The van der Waals surface area contributed by atoms with Crippen molar-refractivity contribution in [1.82, 2.24) is 5.32 Å². The van der Waals surface area contributed by atoms with E-state index >= 15 is 0 Å². The summed E-state index contributed by atoms with van der Waals surface area (Å²) in [7, 11) is 0. The molecule has 0 atom stereocenters. The van der Waals surface area contributed by atoms with E-state index in [4.69, 9.17) is 9.84 Å². The first-order valence-corrected chi connectivity index (χ1v) is 11.7. The van der Waals surface area contributed by atoms with E-state index in [9.17, 15) is 14.4 Å². The molecule has 0 aromatic heterocycles. The van der Waals surface area contributed by atoms with E-state index in [2.05, 4.69) is 38.7 Å². The minimum atomic E-state index is -1.05. The lowest BCUT2D eigenvalue weighted by atomic mass is 9.98. The van der Waals surface area contributed by atoms with Crippen LogP contribution < -0.4 is 10.6 Å². The molecule has 0 radical (unpaired) electrons. The smallest absolute Gasteiger partial charge is 0.411 e. The van der Waals surface area contributed by atoms with Crippen LogP contribution in [-0.2, 0) is 9.53 Å². The van der Waals surface area contributed by atoms with E-state index in [-0.39, 0.29) is 24.6 Å². The summed E-state index contributed by atoms with van der Waals surface area (Å²) in [5, 5.41) is 14.2. The van der Waals surface area contributed by atoms with E-state index in [1.165, 1.54) is 19.1 Å². The fraction of sp³-hybridized carbons (Fsp3) is 0.148. The number of carboxylic acid groups (broad SMARTS) is 1. The van der Waals surface area contributed by atoms with Gasteiger partial charge in [0.15, 0.2) is 0 Å². The molecule has 0 bridgehead atoms. The SMILES string of the molecule is C/C(=C\CNC(=O)c1cc(Br)cc(NC(=O)OCC2c3ccccc3-c3ccccc32)c1)C(=O)O. The molecule has 7 nitrogen and oxygen atoms in total. The highest BCUT2D eigenvalue weighted by Gasteiger charge is 2.29. The van der Waals surface area contributed by atoms with Crippen LogP contribution in [0.5, 0.6) is 0 Å². The van der Waals surface area contributed by atoms with Crippen LogP contribution in [0.4, 0.5) is 10.5 Å². The third-order valence-electron chi connectivity index (χ3n) is 5.76. The Hall–Kier alpha value is -3.91. The zero-order valence-electron chi connectivity index (χ0n) is 18.9. The molecule has 4 rings (SSSR count). The summed E-state index contributed by atoms with van der Waals surface area (Å²) in [5.74, 6) is -1.51. The van der Waals surface area contributed by atoms with Crippen molar-refractivity contribution in [2.45, 2.75) is 12.8 Å². The van der Waals surface area contributed by atoms with Gasteiger partial charge in [-0.1, -0.05) is 70.5 Å². The van der Waals surface area contributed by atoms with Gasteiger partial charge in [0.2, 0.25) is 0 Å². The molecule has 1 aliphatic rings. The lowest BCUT2D eigenvalue weighted by Gasteiger charge is -2.15. The zero-order valence-corrected chi connectivity index (χ0v) is 20.5. The van der Waals surface area contributed by atoms with Gasteiger partial charge in [0.05, 0.1) is 0 Å². The monoisotopic (exact) mass is 534 g/mol. The Labute approximate surface area is 210 Å². The van der Waals surface area contributed by atoms with Gasteiger partial charge in [0.1, 0.15) is 6.61 Å². The number of ether oxygens (including phenoxy) is 1. The Bertz CT molecular complexity index is 1290. The second-order valence-corrected chi connectivity index (χ2v) is 9.00. The average molecular weight is 535 g/mol. The molecule has 0 heterocycles. The van der Waals surface area contributed by atoms with Crippen molar-refractivity contribution >= 4 is 39.6 Å². The van der Waals surface area contributed by atoms with Crippen LogP contribution in [0.3, 0.4) is 0 Å². The van der Waals surface area contributed by atoms with Crippen molar-refractivity contribution in [2.24, 2.45) is 0 Å². The number of carbonyl (C=O) groups excluding carboxylic acids is 2. The summed E-state index contributed by atoms with van der Waals surface area (Å²) >= 11 is 3.35.